The summed E-state index contributed by atoms with van der Waals surface area (Å²) in [4.78, 5) is 0. The van der Waals surface area contributed by atoms with Crippen molar-refractivity contribution in [2.45, 2.75) is 5.60 Å². The zero-order valence-electron chi connectivity index (χ0n) is 16.0. The third-order valence-electron chi connectivity index (χ3n) is 5.65. The molecule has 0 radical (unpaired) electrons. The number of aliphatic hydroxyl groups is 1. The van der Waals surface area contributed by atoms with Crippen LogP contribution < -0.4 is 0 Å². The van der Waals surface area contributed by atoms with Crippen LogP contribution in [0.15, 0.2) is 99.9 Å². The molecule has 0 amide bonds. The van der Waals surface area contributed by atoms with Crippen molar-refractivity contribution in [3.8, 4) is 11.1 Å². The molecule has 30 heavy (non-hydrogen) atoms. The Balaban J connectivity index is 1.90. The maximum Gasteiger partial charge on any atom is 0.142 e. The van der Waals surface area contributed by atoms with Crippen LogP contribution in [0.25, 0.3) is 23.3 Å². The van der Waals surface area contributed by atoms with Gasteiger partial charge in [0.15, 0.2) is 0 Å². The zero-order valence-corrected chi connectivity index (χ0v) is 19.2. The maximum absolute atomic E-state index is 12.6. The molecular weight excluding hydrogens is 500 g/mol. The third-order valence-corrected chi connectivity index (χ3v) is 6.64. The Morgan fingerprint density at radius 3 is 1.70 bits per heavy atom. The molecule has 0 spiro atoms. The number of rotatable bonds is 2. The Labute approximate surface area is 193 Å². The lowest BCUT2D eigenvalue weighted by atomic mass is 9.75. The molecule has 0 saturated heterocycles. The van der Waals surface area contributed by atoms with Crippen LogP contribution >= 0.6 is 31.9 Å². The van der Waals surface area contributed by atoms with Crippen molar-refractivity contribution in [3.05, 3.63) is 128 Å². The van der Waals surface area contributed by atoms with Gasteiger partial charge in [0.05, 0.1) is 0 Å². The molecule has 0 bridgehead atoms. The summed E-state index contributed by atoms with van der Waals surface area (Å²) >= 11 is 7.23. The Morgan fingerprint density at radius 1 is 0.567 bits per heavy atom. The highest BCUT2D eigenvalue weighted by atomic mass is 79.9. The quantitative estimate of drug-likeness (QED) is 0.289. The molecule has 1 aliphatic carbocycles. The van der Waals surface area contributed by atoms with Gasteiger partial charge in [0.25, 0.3) is 0 Å². The van der Waals surface area contributed by atoms with Crippen molar-refractivity contribution in [1.29, 1.82) is 0 Å². The molecule has 0 saturated carbocycles. The van der Waals surface area contributed by atoms with Gasteiger partial charge < -0.3 is 5.11 Å². The molecule has 0 aliphatic heterocycles. The lowest BCUT2D eigenvalue weighted by molar-refractivity contribution is 0.126. The number of fused-ring (bicyclic) bond motifs is 2. The minimum atomic E-state index is -1.33. The van der Waals surface area contributed by atoms with E-state index < -0.39 is 5.60 Å². The predicted octanol–water partition coefficient (Wildman–Crippen LogP) is 7.65. The summed E-state index contributed by atoms with van der Waals surface area (Å²) in [5.41, 5.74) is 5.33. The normalized spacial score (nSPS) is 14.0. The molecule has 4 aromatic carbocycles. The topological polar surface area (TPSA) is 20.2 Å². The van der Waals surface area contributed by atoms with E-state index in [4.69, 9.17) is 0 Å². The van der Waals surface area contributed by atoms with Gasteiger partial charge in [-0.2, -0.15) is 0 Å². The molecule has 1 N–H and O–H groups in total. The van der Waals surface area contributed by atoms with Crippen LogP contribution in [0.1, 0.15) is 27.8 Å². The van der Waals surface area contributed by atoms with Crippen LogP contribution in [0.3, 0.4) is 0 Å². The van der Waals surface area contributed by atoms with Crippen molar-refractivity contribution >= 4 is 44.0 Å². The molecule has 4 aromatic rings. The van der Waals surface area contributed by atoms with Gasteiger partial charge in [0.1, 0.15) is 5.60 Å². The van der Waals surface area contributed by atoms with Gasteiger partial charge in [-0.15, -0.1) is 0 Å². The van der Waals surface area contributed by atoms with E-state index in [9.17, 15) is 5.11 Å². The van der Waals surface area contributed by atoms with E-state index in [-0.39, 0.29) is 0 Å². The minimum absolute atomic E-state index is 0.855. The summed E-state index contributed by atoms with van der Waals surface area (Å²) in [5.74, 6) is 0. The molecule has 3 heteroatoms. The molecule has 1 nitrogen and oxygen atoms in total. The summed E-state index contributed by atoms with van der Waals surface area (Å²) in [6, 6.07) is 30.5. The van der Waals surface area contributed by atoms with E-state index in [2.05, 4.69) is 62.2 Å². The van der Waals surface area contributed by atoms with Crippen LogP contribution in [0.4, 0.5) is 0 Å². The Morgan fingerprint density at radius 2 is 1.10 bits per heavy atom. The maximum atomic E-state index is 12.6. The fraction of sp³-hybridized carbons (Fsp3) is 0.0370. The highest BCUT2D eigenvalue weighted by molar-refractivity contribution is 9.10. The number of hydrogen-bond acceptors (Lipinski definition) is 1. The highest BCUT2D eigenvalue weighted by Crippen LogP contribution is 2.47. The second kappa shape index (κ2) is 7.66. The van der Waals surface area contributed by atoms with Crippen molar-refractivity contribution in [2.24, 2.45) is 0 Å². The molecule has 146 valence electrons. The second-order valence-electron chi connectivity index (χ2n) is 7.42. The van der Waals surface area contributed by atoms with E-state index in [1.807, 2.05) is 72.8 Å². The van der Waals surface area contributed by atoms with Gasteiger partial charge in [-0.3, -0.25) is 0 Å². The van der Waals surface area contributed by atoms with Gasteiger partial charge >= 0.3 is 0 Å². The Kier molecular flexibility index (Phi) is 4.98. The fourth-order valence-electron chi connectivity index (χ4n) is 4.26. The molecular formula is C27H18Br2O. The average Bonchev–Trinajstić information content (AvgIpc) is 2.90. The lowest BCUT2D eigenvalue weighted by Gasteiger charge is -2.34. The molecule has 0 unspecified atom stereocenters. The number of benzene rings is 4. The monoisotopic (exact) mass is 516 g/mol. The summed E-state index contributed by atoms with van der Waals surface area (Å²) in [6.07, 6.45) is 4.16. The van der Waals surface area contributed by atoms with Gasteiger partial charge in [0, 0.05) is 25.6 Å². The molecule has 0 fully saturated rings. The van der Waals surface area contributed by atoms with E-state index in [1.54, 1.807) is 0 Å². The lowest BCUT2D eigenvalue weighted by Crippen LogP contribution is -2.31. The minimum Gasteiger partial charge on any atom is -0.376 e. The molecule has 0 atom stereocenters. The van der Waals surface area contributed by atoms with Crippen LogP contribution in [-0.4, -0.2) is 5.11 Å². The van der Waals surface area contributed by atoms with Crippen LogP contribution in [0.5, 0.6) is 0 Å². The van der Waals surface area contributed by atoms with E-state index >= 15 is 0 Å². The van der Waals surface area contributed by atoms with Gasteiger partial charge in [-0.25, -0.2) is 0 Å². The first-order valence-corrected chi connectivity index (χ1v) is 11.3. The highest BCUT2D eigenvalue weighted by Gasteiger charge is 2.40. The first kappa shape index (κ1) is 19.5. The largest absolute Gasteiger partial charge is 0.376 e. The first-order valence-electron chi connectivity index (χ1n) is 9.73. The molecule has 0 heterocycles. The van der Waals surface area contributed by atoms with E-state index in [0.29, 0.717) is 0 Å². The van der Waals surface area contributed by atoms with Gasteiger partial charge in [-0.1, -0.05) is 111 Å². The fourth-order valence-corrected chi connectivity index (χ4v) is 4.98. The Bertz CT molecular complexity index is 1220. The average molecular weight is 518 g/mol. The third kappa shape index (κ3) is 3.18. The summed E-state index contributed by atoms with van der Waals surface area (Å²) in [6.45, 7) is 0. The smallest absolute Gasteiger partial charge is 0.142 e. The Hall–Kier alpha value is -2.46. The zero-order chi connectivity index (χ0) is 20.7. The van der Waals surface area contributed by atoms with Crippen LogP contribution in [0, 0.1) is 0 Å². The van der Waals surface area contributed by atoms with Gasteiger partial charge in [0.2, 0.25) is 0 Å². The van der Waals surface area contributed by atoms with Gasteiger partial charge in [-0.05, 0) is 46.5 Å². The van der Waals surface area contributed by atoms with Crippen molar-refractivity contribution in [1.82, 2.24) is 0 Å². The second-order valence-corrected chi connectivity index (χ2v) is 9.25. The first-order chi connectivity index (χ1) is 14.6. The summed E-state index contributed by atoms with van der Waals surface area (Å²) in [5, 5.41) is 12.6. The van der Waals surface area contributed by atoms with Crippen LogP contribution in [0.2, 0.25) is 0 Å². The van der Waals surface area contributed by atoms with Crippen molar-refractivity contribution in [2.75, 3.05) is 0 Å². The molecule has 0 aromatic heterocycles. The SMILES string of the molecule is OC1(c2ccccc2-c2ccccc2)c2cc(Br)ccc2C=Cc2ccc(Br)cc21. The van der Waals surface area contributed by atoms with E-state index in [0.717, 1.165) is 47.9 Å². The summed E-state index contributed by atoms with van der Waals surface area (Å²) < 4.78 is 1.87. The van der Waals surface area contributed by atoms with E-state index in [1.165, 1.54) is 0 Å². The molecule has 5 rings (SSSR count). The number of halogens is 2. The van der Waals surface area contributed by atoms with Crippen LogP contribution in [-0.2, 0) is 5.60 Å². The predicted molar refractivity (Wildman–Crippen MR) is 131 cm³/mol. The standard InChI is InChI=1S/C27H18Br2O/c28-21-14-12-19-10-11-20-13-15-22(29)17-26(20)27(30,25(19)16-21)24-9-5-4-8-23(24)18-6-2-1-3-7-18/h1-17,30H. The molecule has 1 aliphatic rings. The summed E-state index contributed by atoms with van der Waals surface area (Å²) in [7, 11) is 0. The van der Waals surface area contributed by atoms with Crippen molar-refractivity contribution < 1.29 is 5.11 Å². The number of hydrogen-bond donors (Lipinski definition) is 1. The van der Waals surface area contributed by atoms with Crippen molar-refractivity contribution in [3.63, 3.8) is 0 Å².